The summed E-state index contributed by atoms with van der Waals surface area (Å²) in [4.78, 5) is 13.2. The standard InChI is InChI=1S/C18H15F6NO2/c1-25(2)16(26)12-5-9-14(10-6-12)27-13-7-3-11(4-8-13)15(17(19,20)21)18(22,23)24/h3-10,15H,1-2H3. The van der Waals surface area contributed by atoms with Gasteiger partial charge >= 0.3 is 12.4 Å². The number of hydrogen-bond donors (Lipinski definition) is 0. The SMILES string of the molecule is CN(C)C(=O)c1ccc(Oc2ccc(C(C(F)(F)F)C(F)(F)F)cc2)cc1. The van der Waals surface area contributed by atoms with Crippen molar-refractivity contribution in [2.45, 2.75) is 18.3 Å². The lowest BCUT2D eigenvalue weighted by molar-refractivity contribution is -0.253. The summed E-state index contributed by atoms with van der Waals surface area (Å²) in [6.45, 7) is 0. The van der Waals surface area contributed by atoms with Crippen molar-refractivity contribution in [3.05, 3.63) is 59.7 Å². The number of hydrogen-bond acceptors (Lipinski definition) is 2. The minimum atomic E-state index is -5.45. The fourth-order valence-electron chi connectivity index (χ4n) is 2.35. The number of amides is 1. The average molecular weight is 391 g/mol. The molecule has 27 heavy (non-hydrogen) atoms. The topological polar surface area (TPSA) is 29.5 Å². The van der Waals surface area contributed by atoms with Gasteiger partial charge in [0, 0.05) is 19.7 Å². The highest BCUT2D eigenvalue weighted by Crippen LogP contribution is 2.46. The van der Waals surface area contributed by atoms with Crippen LogP contribution in [0, 0.1) is 0 Å². The van der Waals surface area contributed by atoms with Gasteiger partial charge in [-0.25, -0.2) is 0 Å². The van der Waals surface area contributed by atoms with Crippen molar-refractivity contribution in [1.82, 2.24) is 4.90 Å². The van der Waals surface area contributed by atoms with Crippen LogP contribution >= 0.6 is 0 Å². The second-order valence-electron chi connectivity index (χ2n) is 5.91. The molecule has 0 bridgehead atoms. The van der Waals surface area contributed by atoms with Crippen LogP contribution in [0.4, 0.5) is 26.3 Å². The maximum absolute atomic E-state index is 12.7. The van der Waals surface area contributed by atoms with Gasteiger partial charge in [0.25, 0.3) is 5.91 Å². The summed E-state index contributed by atoms with van der Waals surface area (Å²) in [6.07, 6.45) is -10.9. The molecule has 0 aliphatic carbocycles. The Morgan fingerprint density at radius 1 is 0.815 bits per heavy atom. The highest BCUT2D eigenvalue weighted by atomic mass is 19.4. The molecule has 0 unspecified atom stereocenters. The van der Waals surface area contributed by atoms with Gasteiger partial charge in [-0.1, -0.05) is 12.1 Å². The first-order chi connectivity index (χ1) is 12.4. The Morgan fingerprint density at radius 2 is 1.22 bits per heavy atom. The fraction of sp³-hybridized carbons (Fsp3) is 0.278. The number of benzene rings is 2. The van der Waals surface area contributed by atoms with Gasteiger partial charge in [-0.3, -0.25) is 4.79 Å². The predicted molar refractivity (Wildman–Crippen MR) is 85.8 cm³/mol. The third-order valence-corrected chi connectivity index (χ3v) is 3.61. The molecule has 2 aromatic rings. The lowest BCUT2D eigenvalue weighted by atomic mass is 9.98. The zero-order valence-electron chi connectivity index (χ0n) is 14.2. The smallest absolute Gasteiger partial charge is 0.404 e. The van der Waals surface area contributed by atoms with Gasteiger partial charge in [0.05, 0.1) is 0 Å². The molecule has 2 aromatic carbocycles. The number of carbonyl (C=O) groups is 1. The largest absolute Gasteiger partial charge is 0.457 e. The van der Waals surface area contributed by atoms with Crippen LogP contribution < -0.4 is 4.74 Å². The fourth-order valence-corrected chi connectivity index (χ4v) is 2.35. The molecule has 0 aliphatic heterocycles. The Kier molecular flexibility index (Phi) is 5.72. The Bertz CT molecular complexity index is 765. The molecule has 0 radical (unpaired) electrons. The van der Waals surface area contributed by atoms with Gasteiger partial charge in [0.2, 0.25) is 0 Å². The molecule has 2 rings (SSSR count). The zero-order valence-corrected chi connectivity index (χ0v) is 14.2. The van der Waals surface area contributed by atoms with E-state index >= 15 is 0 Å². The third-order valence-electron chi connectivity index (χ3n) is 3.61. The normalized spacial score (nSPS) is 12.2. The molecular weight excluding hydrogens is 376 g/mol. The number of ether oxygens (including phenoxy) is 1. The summed E-state index contributed by atoms with van der Waals surface area (Å²) in [5, 5.41) is 0. The number of alkyl halides is 6. The predicted octanol–water partition coefficient (Wildman–Crippen LogP) is 5.39. The highest BCUT2D eigenvalue weighted by Gasteiger charge is 2.57. The summed E-state index contributed by atoms with van der Waals surface area (Å²) in [5.74, 6) is -3.44. The minimum absolute atomic E-state index is 0.0635. The van der Waals surface area contributed by atoms with Gasteiger partial charge < -0.3 is 9.64 Å². The average Bonchev–Trinajstić information content (AvgIpc) is 2.54. The van der Waals surface area contributed by atoms with Crippen LogP contribution in [-0.2, 0) is 0 Å². The van der Waals surface area contributed by atoms with Crippen molar-refractivity contribution in [3.8, 4) is 11.5 Å². The maximum Gasteiger partial charge on any atom is 0.404 e. The molecule has 3 nitrogen and oxygen atoms in total. The van der Waals surface area contributed by atoms with Crippen LogP contribution in [0.25, 0.3) is 0 Å². The first-order valence-corrected chi connectivity index (χ1v) is 7.62. The molecule has 9 heteroatoms. The number of rotatable bonds is 4. The monoisotopic (exact) mass is 391 g/mol. The van der Waals surface area contributed by atoms with Gasteiger partial charge in [0.1, 0.15) is 11.5 Å². The van der Waals surface area contributed by atoms with Crippen LogP contribution in [0.2, 0.25) is 0 Å². The molecule has 0 aromatic heterocycles. The van der Waals surface area contributed by atoms with Crippen LogP contribution in [-0.4, -0.2) is 37.3 Å². The van der Waals surface area contributed by atoms with Crippen molar-refractivity contribution >= 4 is 5.91 Å². The molecule has 0 aliphatic rings. The maximum atomic E-state index is 12.7. The zero-order chi connectivity index (χ0) is 20.4. The first kappa shape index (κ1) is 20.6. The van der Waals surface area contributed by atoms with Crippen LogP contribution in [0.3, 0.4) is 0 Å². The van der Waals surface area contributed by atoms with E-state index in [1.807, 2.05) is 0 Å². The molecule has 0 saturated heterocycles. The van der Waals surface area contributed by atoms with Crippen molar-refractivity contribution < 1.29 is 35.9 Å². The van der Waals surface area contributed by atoms with E-state index in [9.17, 15) is 31.1 Å². The molecule has 0 heterocycles. The Balaban J connectivity index is 2.17. The van der Waals surface area contributed by atoms with E-state index < -0.39 is 23.8 Å². The Labute approximate surface area is 151 Å². The van der Waals surface area contributed by atoms with Crippen molar-refractivity contribution in [1.29, 1.82) is 0 Å². The van der Waals surface area contributed by atoms with Crippen molar-refractivity contribution in [3.63, 3.8) is 0 Å². The van der Waals surface area contributed by atoms with Crippen molar-refractivity contribution in [2.24, 2.45) is 0 Å². The molecule has 0 fully saturated rings. The minimum Gasteiger partial charge on any atom is -0.457 e. The number of nitrogens with zero attached hydrogens (tertiary/aromatic N) is 1. The third kappa shape index (κ3) is 5.15. The summed E-state index contributed by atoms with van der Waals surface area (Å²) in [6, 6.07) is 9.44. The van der Waals surface area contributed by atoms with Gasteiger partial charge in [-0.15, -0.1) is 0 Å². The van der Waals surface area contributed by atoms with Gasteiger partial charge in [0.15, 0.2) is 5.92 Å². The van der Waals surface area contributed by atoms with E-state index in [-0.39, 0.29) is 17.4 Å². The second-order valence-corrected chi connectivity index (χ2v) is 5.91. The molecule has 0 atom stereocenters. The Hall–Kier alpha value is -2.71. The lowest BCUT2D eigenvalue weighted by Gasteiger charge is -2.23. The van der Waals surface area contributed by atoms with E-state index in [0.29, 0.717) is 5.56 Å². The second kappa shape index (κ2) is 7.50. The summed E-state index contributed by atoms with van der Waals surface area (Å²) in [7, 11) is 3.17. The summed E-state index contributed by atoms with van der Waals surface area (Å²) < 4.78 is 81.8. The molecule has 1 amide bonds. The quantitative estimate of drug-likeness (QED) is 0.654. The van der Waals surface area contributed by atoms with E-state index in [1.54, 1.807) is 14.1 Å². The molecule has 0 N–H and O–H groups in total. The van der Waals surface area contributed by atoms with E-state index in [4.69, 9.17) is 4.74 Å². The lowest BCUT2D eigenvalue weighted by Crippen LogP contribution is -2.34. The van der Waals surface area contributed by atoms with Gasteiger partial charge in [-0.05, 0) is 42.0 Å². The molecule has 0 saturated carbocycles. The molecule has 146 valence electrons. The molecular formula is C18H15F6NO2. The van der Waals surface area contributed by atoms with Gasteiger partial charge in [-0.2, -0.15) is 26.3 Å². The molecule has 0 spiro atoms. The summed E-state index contributed by atoms with van der Waals surface area (Å²) in [5.41, 5.74) is -0.518. The van der Waals surface area contributed by atoms with Crippen molar-refractivity contribution in [2.75, 3.05) is 14.1 Å². The van der Waals surface area contributed by atoms with E-state index in [2.05, 4.69) is 0 Å². The van der Waals surface area contributed by atoms with Crippen LogP contribution in [0.15, 0.2) is 48.5 Å². The Morgan fingerprint density at radius 3 is 1.59 bits per heavy atom. The van der Waals surface area contributed by atoms with E-state index in [0.717, 1.165) is 24.3 Å². The number of halogens is 6. The highest BCUT2D eigenvalue weighted by molar-refractivity contribution is 5.93. The summed E-state index contributed by atoms with van der Waals surface area (Å²) >= 11 is 0. The van der Waals surface area contributed by atoms with Crippen LogP contribution in [0.1, 0.15) is 21.8 Å². The first-order valence-electron chi connectivity index (χ1n) is 7.62. The van der Waals surface area contributed by atoms with Crippen LogP contribution in [0.5, 0.6) is 11.5 Å². The van der Waals surface area contributed by atoms with E-state index in [1.165, 1.54) is 29.2 Å². The number of carbonyl (C=O) groups excluding carboxylic acids is 1.